The van der Waals surface area contributed by atoms with Crippen LogP contribution in [-0.4, -0.2) is 47.0 Å². The van der Waals surface area contributed by atoms with Crippen molar-refractivity contribution >= 4 is 40.8 Å². The van der Waals surface area contributed by atoms with Crippen LogP contribution in [-0.2, 0) is 14.4 Å². The van der Waals surface area contributed by atoms with Crippen molar-refractivity contribution in [1.29, 1.82) is 0 Å². The van der Waals surface area contributed by atoms with Gasteiger partial charge in [-0.25, -0.2) is 0 Å². The van der Waals surface area contributed by atoms with Crippen LogP contribution in [0, 0.1) is 5.92 Å². The second-order valence-electron chi connectivity index (χ2n) is 7.26. The number of hydrogen-bond acceptors (Lipinski definition) is 5. The first-order valence-corrected chi connectivity index (χ1v) is 10.6. The molecule has 1 aromatic rings. The normalized spacial score (nSPS) is 19.6. The van der Waals surface area contributed by atoms with Gasteiger partial charge in [0, 0.05) is 20.0 Å². The summed E-state index contributed by atoms with van der Waals surface area (Å²) < 4.78 is 0. The van der Waals surface area contributed by atoms with E-state index in [9.17, 15) is 19.2 Å². The van der Waals surface area contributed by atoms with Crippen molar-refractivity contribution in [3.63, 3.8) is 0 Å². The van der Waals surface area contributed by atoms with E-state index in [2.05, 4.69) is 10.6 Å². The van der Waals surface area contributed by atoms with E-state index in [1.165, 1.54) is 6.92 Å². The van der Waals surface area contributed by atoms with Crippen LogP contribution in [0.15, 0.2) is 35.2 Å². The second-order valence-corrected chi connectivity index (χ2v) is 8.25. The Morgan fingerprint density at radius 3 is 2.55 bits per heavy atom. The number of benzene rings is 1. The molecule has 1 aromatic carbocycles. The molecule has 1 aliphatic carbocycles. The summed E-state index contributed by atoms with van der Waals surface area (Å²) in [5, 5.41) is 5.16. The van der Waals surface area contributed by atoms with Gasteiger partial charge in [0.05, 0.1) is 4.91 Å². The second kappa shape index (κ2) is 9.73. The number of imide groups is 1. The maximum atomic E-state index is 12.6. The third-order valence-electron chi connectivity index (χ3n) is 5.12. The molecule has 0 aromatic heterocycles. The maximum Gasteiger partial charge on any atom is 0.293 e. The number of nitrogens with zero attached hydrogens (tertiary/aromatic N) is 1. The summed E-state index contributed by atoms with van der Waals surface area (Å²) >= 11 is 0.899. The third kappa shape index (κ3) is 5.47. The standard InChI is InChI=1S/C21H25N3O4S/c1-14(25)23-18(16-9-5-6-10-16)19(26)22-11-12-24-20(27)17(29-21(24)28)13-15-7-3-2-4-8-15/h2-4,7-8,13,16,18H,5-6,9-12H2,1H3,(H,22,26)(H,23,25). The van der Waals surface area contributed by atoms with Crippen LogP contribution in [0.4, 0.5) is 4.79 Å². The van der Waals surface area contributed by atoms with E-state index in [0.29, 0.717) is 4.91 Å². The van der Waals surface area contributed by atoms with Crippen LogP contribution in [0.5, 0.6) is 0 Å². The Kier molecular flexibility index (Phi) is 7.09. The molecule has 2 aliphatic rings. The predicted octanol–water partition coefficient (Wildman–Crippen LogP) is 2.53. The lowest BCUT2D eigenvalue weighted by Gasteiger charge is -2.23. The van der Waals surface area contributed by atoms with Gasteiger partial charge in [0.1, 0.15) is 6.04 Å². The van der Waals surface area contributed by atoms with Gasteiger partial charge in [-0.15, -0.1) is 0 Å². The number of rotatable bonds is 7. The number of hydrogen-bond donors (Lipinski definition) is 2. The van der Waals surface area contributed by atoms with Crippen LogP contribution < -0.4 is 10.6 Å². The van der Waals surface area contributed by atoms with Crippen molar-refractivity contribution in [3.05, 3.63) is 40.8 Å². The topological polar surface area (TPSA) is 95.6 Å². The monoisotopic (exact) mass is 415 g/mol. The van der Waals surface area contributed by atoms with Gasteiger partial charge in [-0.05, 0) is 42.2 Å². The zero-order chi connectivity index (χ0) is 20.8. The minimum absolute atomic E-state index is 0.0972. The highest BCUT2D eigenvalue weighted by atomic mass is 32.2. The van der Waals surface area contributed by atoms with Gasteiger partial charge in [0.25, 0.3) is 11.1 Å². The molecular weight excluding hydrogens is 390 g/mol. The Bertz CT molecular complexity index is 818. The Balaban J connectivity index is 1.55. The number of thioether (sulfide) groups is 1. The van der Waals surface area contributed by atoms with Crippen LogP contribution >= 0.6 is 11.8 Å². The summed E-state index contributed by atoms with van der Waals surface area (Å²) in [6.07, 6.45) is 5.62. The maximum absolute atomic E-state index is 12.6. The van der Waals surface area contributed by atoms with E-state index < -0.39 is 6.04 Å². The van der Waals surface area contributed by atoms with Gasteiger partial charge < -0.3 is 10.6 Å². The van der Waals surface area contributed by atoms with Crippen molar-refractivity contribution in [2.24, 2.45) is 5.92 Å². The first-order chi connectivity index (χ1) is 14.0. The highest BCUT2D eigenvalue weighted by molar-refractivity contribution is 8.18. The van der Waals surface area contributed by atoms with E-state index >= 15 is 0 Å². The fourth-order valence-corrected chi connectivity index (χ4v) is 4.57. The Morgan fingerprint density at radius 2 is 1.90 bits per heavy atom. The van der Waals surface area contributed by atoms with Crippen LogP contribution in [0.25, 0.3) is 6.08 Å². The van der Waals surface area contributed by atoms with Crippen molar-refractivity contribution in [3.8, 4) is 0 Å². The summed E-state index contributed by atoms with van der Waals surface area (Å²) in [5.41, 5.74) is 0.848. The molecule has 1 saturated heterocycles. The molecule has 1 aliphatic heterocycles. The average molecular weight is 416 g/mol. The van der Waals surface area contributed by atoms with Crippen molar-refractivity contribution in [2.45, 2.75) is 38.6 Å². The average Bonchev–Trinajstić information content (AvgIpc) is 3.31. The molecule has 0 bridgehead atoms. The lowest BCUT2D eigenvalue weighted by Crippen LogP contribution is -2.51. The molecule has 1 atom stereocenters. The zero-order valence-corrected chi connectivity index (χ0v) is 17.2. The van der Waals surface area contributed by atoms with Crippen LogP contribution in [0.1, 0.15) is 38.2 Å². The minimum Gasteiger partial charge on any atom is -0.353 e. The predicted molar refractivity (Wildman–Crippen MR) is 112 cm³/mol. The molecule has 1 heterocycles. The highest BCUT2D eigenvalue weighted by Crippen LogP contribution is 2.32. The zero-order valence-electron chi connectivity index (χ0n) is 16.3. The lowest BCUT2D eigenvalue weighted by atomic mass is 9.97. The Labute approximate surface area is 174 Å². The Morgan fingerprint density at radius 1 is 1.21 bits per heavy atom. The molecule has 29 heavy (non-hydrogen) atoms. The molecular formula is C21H25N3O4S. The fraction of sp³-hybridized carbons (Fsp3) is 0.429. The molecule has 2 fully saturated rings. The summed E-state index contributed by atoms with van der Waals surface area (Å²) in [6, 6.07) is 8.76. The lowest BCUT2D eigenvalue weighted by molar-refractivity contribution is -0.129. The SMILES string of the molecule is CC(=O)NC(C(=O)NCCN1C(=O)SC(=Cc2ccccc2)C1=O)C1CCCC1. The summed E-state index contributed by atoms with van der Waals surface area (Å²) in [5.74, 6) is -0.731. The van der Waals surface area contributed by atoms with Crippen LogP contribution in [0.2, 0.25) is 0 Å². The van der Waals surface area contributed by atoms with E-state index in [-0.39, 0.29) is 42.0 Å². The summed E-state index contributed by atoms with van der Waals surface area (Å²) in [7, 11) is 0. The first kappa shape index (κ1) is 21.1. The molecule has 0 spiro atoms. The minimum atomic E-state index is -0.567. The van der Waals surface area contributed by atoms with Crippen LogP contribution in [0.3, 0.4) is 0 Å². The molecule has 7 nitrogen and oxygen atoms in total. The van der Waals surface area contributed by atoms with Gasteiger partial charge in [-0.1, -0.05) is 43.2 Å². The molecule has 3 rings (SSSR count). The quantitative estimate of drug-likeness (QED) is 0.667. The van der Waals surface area contributed by atoms with E-state index in [1.807, 2.05) is 30.3 Å². The Hall–Kier alpha value is -2.61. The summed E-state index contributed by atoms with van der Waals surface area (Å²) in [6.45, 7) is 1.65. The largest absolute Gasteiger partial charge is 0.353 e. The van der Waals surface area contributed by atoms with Crippen molar-refractivity contribution < 1.29 is 19.2 Å². The summed E-state index contributed by atoms with van der Waals surface area (Å²) in [4.78, 5) is 50.3. The smallest absolute Gasteiger partial charge is 0.293 e. The van der Waals surface area contributed by atoms with Crippen molar-refractivity contribution in [1.82, 2.24) is 15.5 Å². The van der Waals surface area contributed by atoms with Gasteiger partial charge in [-0.2, -0.15) is 0 Å². The molecule has 4 amide bonds. The molecule has 0 radical (unpaired) electrons. The van der Waals surface area contributed by atoms with E-state index in [4.69, 9.17) is 0 Å². The van der Waals surface area contributed by atoms with Gasteiger partial charge in [0.2, 0.25) is 11.8 Å². The number of nitrogens with one attached hydrogen (secondary N) is 2. The van der Waals surface area contributed by atoms with E-state index in [1.54, 1.807) is 6.08 Å². The molecule has 2 N–H and O–H groups in total. The molecule has 154 valence electrons. The first-order valence-electron chi connectivity index (χ1n) is 9.81. The molecule has 8 heteroatoms. The van der Waals surface area contributed by atoms with Crippen molar-refractivity contribution in [2.75, 3.05) is 13.1 Å². The van der Waals surface area contributed by atoms with Gasteiger partial charge in [0.15, 0.2) is 0 Å². The molecule has 1 saturated carbocycles. The van der Waals surface area contributed by atoms with Gasteiger partial charge >= 0.3 is 0 Å². The highest BCUT2D eigenvalue weighted by Gasteiger charge is 2.35. The number of amides is 4. The number of carbonyl (C=O) groups is 4. The fourth-order valence-electron chi connectivity index (χ4n) is 3.70. The van der Waals surface area contributed by atoms with Gasteiger partial charge in [-0.3, -0.25) is 24.1 Å². The van der Waals surface area contributed by atoms with E-state index in [0.717, 1.165) is 47.9 Å². The molecule has 1 unspecified atom stereocenters. The third-order valence-corrected chi connectivity index (χ3v) is 6.03. The number of carbonyl (C=O) groups excluding carboxylic acids is 4.